The van der Waals surface area contributed by atoms with E-state index in [4.69, 9.17) is 0 Å². The molecule has 0 amide bonds. The van der Waals surface area contributed by atoms with Gasteiger partial charge in [-0.15, -0.1) is 0 Å². The number of hydrogen-bond acceptors (Lipinski definition) is 0. The molecule has 0 heterocycles. The Labute approximate surface area is 90.6 Å². The fourth-order valence-corrected chi connectivity index (χ4v) is 1.56. The van der Waals surface area contributed by atoms with E-state index in [0.29, 0.717) is 0 Å². The molecule has 0 bridgehead atoms. The highest BCUT2D eigenvalue weighted by atomic mass is 14.0. The minimum Gasteiger partial charge on any atom is -0.0842 e. The summed E-state index contributed by atoms with van der Waals surface area (Å²) in [6.45, 7) is 3.63. The van der Waals surface area contributed by atoms with E-state index in [-0.39, 0.29) is 0 Å². The van der Waals surface area contributed by atoms with E-state index < -0.39 is 0 Å². The number of allylic oxidation sites excluding steroid dienone is 3. The van der Waals surface area contributed by atoms with Crippen LogP contribution in [0.25, 0.3) is 16.8 Å². The predicted molar refractivity (Wildman–Crippen MR) is 67.5 cm³/mol. The first-order valence-corrected chi connectivity index (χ1v) is 5.01. The van der Waals surface area contributed by atoms with Crippen LogP contribution in [0.5, 0.6) is 0 Å². The van der Waals surface area contributed by atoms with Gasteiger partial charge in [0.15, 0.2) is 0 Å². The lowest BCUT2D eigenvalue weighted by Gasteiger charge is -1.98. The van der Waals surface area contributed by atoms with E-state index in [0.717, 1.165) is 0 Å². The number of rotatable bonds is 2. The van der Waals surface area contributed by atoms with Crippen molar-refractivity contribution in [2.75, 3.05) is 0 Å². The molecule has 0 unspecified atom stereocenters. The molecule has 15 heavy (non-hydrogen) atoms. The van der Waals surface area contributed by atoms with Gasteiger partial charge in [0.05, 0.1) is 0 Å². The van der Waals surface area contributed by atoms with E-state index in [1.54, 1.807) is 6.08 Å². The molecule has 2 aromatic carbocycles. The molecule has 0 nitrogen and oxygen atoms in total. The van der Waals surface area contributed by atoms with Gasteiger partial charge in [-0.25, -0.2) is 0 Å². The zero-order chi connectivity index (χ0) is 10.5. The topological polar surface area (TPSA) is 0 Å². The van der Waals surface area contributed by atoms with Gasteiger partial charge in [0.1, 0.15) is 0 Å². The summed E-state index contributed by atoms with van der Waals surface area (Å²) in [5.41, 5.74) is 1.21. The maximum absolute atomic E-state index is 3.63. The van der Waals surface area contributed by atoms with Gasteiger partial charge in [-0.2, -0.15) is 0 Å². The van der Waals surface area contributed by atoms with Gasteiger partial charge in [-0.05, 0) is 29.3 Å². The monoisotopic (exact) mass is 193 g/mol. The van der Waals surface area contributed by atoms with Crippen LogP contribution in [0.4, 0.5) is 0 Å². The third kappa shape index (κ3) is 2.35. The van der Waals surface area contributed by atoms with Crippen LogP contribution in [-0.4, -0.2) is 0 Å². The molecule has 0 atom stereocenters. The SMILES string of the molecule is [CH2]/C=C/C=C/c1ccc2ccccc2c1. The van der Waals surface area contributed by atoms with Crippen LogP contribution in [0.1, 0.15) is 5.56 Å². The Morgan fingerprint density at radius 1 is 0.867 bits per heavy atom. The average molecular weight is 193 g/mol. The first-order valence-electron chi connectivity index (χ1n) is 5.01. The summed E-state index contributed by atoms with van der Waals surface area (Å²) in [6, 6.07) is 14.8. The molecule has 0 aliphatic rings. The van der Waals surface area contributed by atoms with Crippen LogP contribution >= 0.6 is 0 Å². The zero-order valence-corrected chi connectivity index (χ0v) is 8.56. The van der Waals surface area contributed by atoms with Crippen LogP contribution < -0.4 is 0 Å². The van der Waals surface area contributed by atoms with Gasteiger partial charge >= 0.3 is 0 Å². The summed E-state index contributed by atoms with van der Waals surface area (Å²) in [6.07, 6.45) is 7.78. The minimum absolute atomic E-state index is 1.21. The van der Waals surface area contributed by atoms with Crippen LogP contribution in [0, 0.1) is 6.92 Å². The second-order valence-corrected chi connectivity index (χ2v) is 3.39. The molecule has 0 spiro atoms. The van der Waals surface area contributed by atoms with Crippen molar-refractivity contribution in [3.05, 3.63) is 73.2 Å². The van der Waals surface area contributed by atoms with Gasteiger partial charge in [-0.3, -0.25) is 0 Å². The van der Waals surface area contributed by atoms with Crippen molar-refractivity contribution in [3.63, 3.8) is 0 Å². The molecule has 0 aliphatic carbocycles. The summed E-state index contributed by atoms with van der Waals surface area (Å²) in [5.74, 6) is 0. The first-order chi connectivity index (χ1) is 7.40. The van der Waals surface area contributed by atoms with E-state index in [9.17, 15) is 0 Å². The Balaban J connectivity index is 2.38. The maximum Gasteiger partial charge on any atom is -0.0178 e. The molecule has 1 radical (unpaired) electrons. The normalized spacial score (nSPS) is 11.8. The van der Waals surface area contributed by atoms with Crippen molar-refractivity contribution in [1.29, 1.82) is 0 Å². The van der Waals surface area contributed by atoms with Crippen molar-refractivity contribution in [2.24, 2.45) is 0 Å². The molecule has 0 heteroatoms. The summed E-state index contributed by atoms with van der Waals surface area (Å²) in [5, 5.41) is 2.56. The lowest BCUT2D eigenvalue weighted by Crippen LogP contribution is -1.74. The predicted octanol–water partition coefficient (Wildman–Crippen LogP) is 4.24. The minimum atomic E-state index is 1.21. The lowest BCUT2D eigenvalue weighted by molar-refractivity contribution is 1.70. The lowest BCUT2D eigenvalue weighted by atomic mass is 10.1. The molecular weight excluding hydrogens is 180 g/mol. The van der Waals surface area contributed by atoms with Crippen LogP contribution in [0.15, 0.2) is 60.7 Å². The van der Waals surface area contributed by atoms with Crippen molar-refractivity contribution in [3.8, 4) is 0 Å². The van der Waals surface area contributed by atoms with Gasteiger partial charge in [0.25, 0.3) is 0 Å². The van der Waals surface area contributed by atoms with Gasteiger partial charge in [-0.1, -0.05) is 60.7 Å². The van der Waals surface area contributed by atoms with Crippen molar-refractivity contribution < 1.29 is 0 Å². The van der Waals surface area contributed by atoms with E-state index in [1.807, 2.05) is 12.2 Å². The average Bonchev–Trinajstić information content (AvgIpc) is 2.29. The van der Waals surface area contributed by atoms with Crippen molar-refractivity contribution in [2.45, 2.75) is 0 Å². The summed E-state index contributed by atoms with van der Waals surface area (Å²) >= 11 is 0. The molecular formula is C15H13. The Kier molecular flexibility index (Phi) is 2.99. The fourth-order valence-electron chi connectivity index (χ4n) is 1.56. The second kappa shape index (κ2) is 4.61. The highest BCUT2D eigenvalue weighted by Gasteiger charge is 1.91. The van der Waals surface area contributed by atoms with E-state index in [1.165, 1.54) is 16.3 Å². The summed E-state index contributed by atoms with van der Waals surface area (Å²) in [7, 11) is 0. The highest BCUT2D eigenvalue weighted by Crippen LogP contribution is 2.16. The molecule has 73 valence electrons. The number of benzene rings is 2. The van der Waals surface area contributed by atoms with Crippen molar-refractivity contribution in [1.82, 2.24) is 0 Å². The molecule has 0 aromatic heterocycles. The molecule has 0 saturated carbocycles. The third-order valence-corrected chi connectivity index (χ3v) is 2.31. The van der Waals surface area contributed by atoms with Crippen LogP contribution in [0.3, 0.4) is 0 Å². The maximum atomic E-state index is 3.63. The molecule has 2 rings (SSSR count). The Bertz CT molecular complexity index is 504. The summed E-state index contributed by atoms with van der Waals surface area (Å²) in [4.78, 5) is 0. The molecule has 0 saturated heterocycles. The van der Waals surface area contributed by atoms with Crippen LogP contribution in [-0.2, 0) is 0 Å². The quantitative estimate of drug-likeness (QED) is 0.626. The van der Waals surface area contributed by atoms with Gasteiger partial charge < -0.3 is 0 Å². The summed E-state index contributed by atoms with van der Waals surface area (Å²) < 4.78 is 0. The molecule has 0 fully saturated rings. The smallest absolute Gasteiger partial charge is 0.0178 e. The fraction of sp³-hybridized carbons (Fsp3) is 0. The van der Waals surface area contributed by atoms with Gasteiger partial charge in [0, 0.05) is 0 Å². The number of hydrogen-bond donors (Lipinski definition) is 0. The largest absolute Gasteiger partial charge is 0.0842 e. The number of fused-ring (bicyclic) bond motifs is 1. The first kappa shape index (κ1) is 9.72. The molecule has 0 aliphatic heterocycles. The Morgan fingerprint density at radius 3 is 2.47 bits per heavy atom. The van der Waals surface area contributed by atoms with Crippen LogP contribution in [0.2, 0.25) is 0 Å². The Morgan fingerprint density at radius 2 is 1.67 bits per heavy atom. The third-order valence-electron chi connectivity index (χ3n) is 2.31. The second-order valence-electron chi connectivity index (χ2n) is 3.39. The zero-order valence-electron chi connectivity index (χ0n) is 8.56. The van der Waals surface area contributed by atoms with Gasteiger partial charge in [0.2, 0.25) is 0 Å². The highest BCUT2D eigenvalue weighted by molar-refractivity contribution is 5.84. The van der Waals surface area contributed by atoms with Crippen molar-refractivity contribution >= 4 is 16.8 Å². The molecule has 2 aromatic rings. The van der Waals surface area contributed by atoms with E-state index in [2.05, 4.69) is 55.5 Å². The molecule has 0 N–H and O–H groups in total. The standard InChI is InChI=1S/C15H13/c1-2-3-4-7-13-10-11-14-8-5-6-9-15(14)12-13/h2-12H,1H2/b3-2+,7-4+. The Hall–Kier alpha value is -1.82. The van der Waals surface area contributed by atoms with E-state index >= 15 is 0 Å².